The maximum Gasteiger partial charge on any atom is 0.337 e. The first kappa shape index (κ1) is 13.0. The van der Waals surface area contributed by atoms with Crippen LogP contribution in [-0.2, 0) is 0 Å². The number of carbonyl (C=O) groups is 2. The molecular weight excluding hydrogens is 266 g/mol. The number of nitrogens with zero attached hydrogens (tertiary/aromatic N) is 2. The summed E-state index contributed by atoms with van der Waals surface area (Å²) in [5.41, 5.74) is 7.72. The molecule has 0 saturated heterocycles. The van der Waals surface area contributed by atoms with Crippen LogP contribution in [0.4, 0.5) is 11.4 Å². The molecule has 6 nitrogen and oxygen atoms in total. The largest absolute Gasteiger partial charge is 0.478 e. The number of carboxylic acid groups (broad SMARTS) is 1. The first-order valence-electron chi connectivity index (χ1n) is 5.30. The maximum absolute atomic E-state index is 12.1. The Hall–Kier alpha value is -2.41. The predicted octanol–water partition coefficient (Wildman–Crippen LogP) is 1.70. The number of amides is 1. The Labute approximate surface area is 113 Å². The Kier molecular flexibility index (Phi) is 3.48. The molecule has 0 atom stereocenters. The summed E-state index contributed by atoms with van der Waals surface area (Å²) in [6, 6.07) is 4.39. The Balaban J connectivity index is 2.41. The number of aromatic carboxylic acids is 1. The number of anilines is 2. The Morgan fingerprint density at radius 3 is 2.74 bits per heavy atom. The molecule has 1 aromatic carbocycles. The number of rotatable bonds is 3. The van der Waals surface area contributed by atoms with Crippen molar-refractivity contribution in [2.45, 2.75) is 0 Å². The first-order chi connectivity index (χ1) is 9.00. The van der Waals surface area contributed by atoms with Crippen LogP contribution in [0.3, 0.4) is 0 Å². The number of benzene rings is 1. The number of thiazole rings is 1. The van der Waals surface area contributed by atoms with Crippen LogP contribution in [0.2, 0.25) is 0 Å². The third kappa shape index (κ3) is 2.55. The maximum atomic E-state index is 12.1. The molecule has 0 radical (unpaired) electrons. The van der Waals surface area contributed by atoms with E-state index in [1.54, 1.807) is 11.6 Å². The van der Waals surface area contributed by atoms with E-state index in [0.717, 1.165) is 0 Å². The third-order valence-electron chi connectivity index (χ3n) is 2.56. The quantitative estimate of drug-likeness (QED) is 0.832. The van der Waals surface area contributed by atoms with Crippen molar-refractivity contribution < 1.29 is 14.7 Å². The zero-order valence-electron chi connectivity index (χ0n) is 10.0. The fraction of sp³-hybridized carbons (Fsp3) is 0.0833. The summed E-state index contributed by atoms with van der Waals surface area (Å²) in [7, 11) is 1.51. The zero-order chi connectivity index (χ0) is 14.0. The van der Waals surface area contributed by atoms with E-state index in [2.05, 4.69) is 4.98 Å². The van der Waals surface area contributed by atoms with Gasteiger partial charge in [0.25, 0.3) is 5.91 Å². The molecule has 1 amide bonds. The number of nitrogens with two attached hydrogens (primary N) is 1. The molecule has 0 aliphatic carbocycles. The average Bonchev–Trinajstić information content (AvgIpc) is 2.90. The van der Waals surface area contributed by atoms with Gasteiger partial charge in [-0.25, -0.2) is 4.79 Å². The van der Waals surface area contributed by atoms with Crippen molar-refractivity contribution in [2.75, 3.05) is 17.7 Å². The average molecular weight is 277 g/mol. The monoisotopic (exact) mass is 277 g/mol. The van der Waals surface area contributed by atoms with Crippen LogP contribution >= 0.6 is 11.3 Å². The molecular formula is C12H11N3O3S. The lowest BCUT2D eigenvalue weighted by Gasteiger charge is -2.18. The van der Waals surface area contributed by atoms with Crippen LogP contribution in [0.5, 0.6) is 0 Å². The van der Waals surface area contributed by atoms with Gasteiger partial charge in [0, 0.05) is 12.7 Å². The fourth-order valence-corrected chi connectivity index (χ4v) is 2.21. The van der Waals surface area contributed by atoms with Gasteiger partial charge in [-0.15, -0.1) is 11.3 Å². The second-order valence-electron chi connectivity index (χ2n) is 3.81. The van der Waals surface area contributed by atoms with Gasteiger partial charge in [-0.1, -0.05) is 0 Å². The number of carbonyl (C=O) groups excluding carboxylic acids is 1. The van der Waals surface area contributed by atoms with Crippen molar-refractivity contribution in [2.24, 2.45) is 0 Å². The molecule has 0 bridgehead atoms. The van der Waals surface area contributed by atoms with Gasteiger partial charge in [-0.05, 0) is 18.2 Å². The van der Waals surface area contributed by atoms with Gasteiger partial charge in [0.2, 0.25) is 0 Å². The molecule has 0 fully saturated rings. The fourth-order valence-electron chi connectivity index (χ4n) is 1.61. The summed E-state index contributed by atoms with van der Waals surface area (Å²) < 4.78 is 0. The van der Waals surface area contributed by atoms with Crippen molar-refractivity contribution >= 4 is 34.6 Å². The van der Waals surface area contributed by atoms with Crippen LogP contribution < -0.4 is 10.6 Å². The molecule has 19 heavy (non-hydrogen) atoms. The molecule has 98 valence electrons. The number of hydrogen-bond donors (Lipinski definition) is 2. The molecule has 2 aromatic rings. The van der Waals surface area contributed by atoms with Gasteiger partial charge in [0.1, 0.15) is 4.88 Å². The molecule has 0 unspecified atom stereocenters. The van der Waals surface area contributed by atoms with E-state index in [9.17, 15) is 9.59 Å². The van der Waals surface area contributed by atoms with E-state index < -0.39 is 5.97 Å². The minimum absolute atomic E-state index is 0.0136. The molecule has 3 N–H and O–H groups in total. The minimum Gasteiger partial charge on any atom is -0.478 e. The summed E-state index contributed by atoms with van der Waals surface area (Å²) in [4.78, 5) is 28.9. The van der Waals surface area contributed by atoms with Crippen molar-refractivity contribution in [3.63, 3.8) is 0 Å². The smallest absolute Gasteiger partial charge is 0.337 e. The van der Waals surface area contributed by atoms with E-state index in [0.29, 0.717) is 16.3 Å². The first-order valence-corrected chi connectivity index (χ1v) is 6.18. The van der Waals surface area contributed by atoms with Crippen LogP contribution in [-0.4, -0.2) is 29.0 Å². The van der Waals surface area contributed by atoms with Crippen molar-refractivity contribution in [3.8, 4) is 0 Å². The van der Waals surface area contributed by atoms with Crippen LogP contribution in [0.25, 0.3) is 0 Å². The highest BCUT2D eigenvalue weighted by atomic mass is 32.1. The number of aromatic nitrogens is 1. The van der Waals surface area contributed by atoms with Gasteiger partial charge in [-0.3, -0.25) is 9.78 Å². The number of carboxylic acids is 1. The summed E-state index contributed by atoms with van der Waals surface area (Å²) in [6.45, 7) is 0. The second-order valence-corrected chi connectivity index (χ2v) is 4.70. The topological polar surface area (TPSA) is 96.5 Å². The van der Waals surface area contributed by atoms with Crippen molar-refractivity contribution in [1.29, 1.82) is 0 Å². The zero-order valence-corrected chi connectivity index (χ0v) is 10.8. The van der Waals surface area contributed by atoms with Gasteiger partial charge >= 0.3 is 5.97 Å². The molecule has 2 rings (SSSR count). The van der Waals surface area contributed by atoms with Crippen LogP contribution in [0.15, 0.2) is 29.9 Å². The predicted molar refractivity (Wildman–Crippen MR) is 72.7 cm³/mol. The molecule has 0 aliphatic heterocycles. The third-order valence-corrected chi connectivity index (χ3v) is 3.32. The summed E-state index contributed by atoms with van der Waals surface area (Å²) in [6.07, 6.45) is 1.45. The van der Waals surface area contributed by atoms with Gasteiger partial charge in [-0.2, -0.15) is 0 Å². The summed E-state index contributed by atoms with van der Waals surface area (Å²) in [5, 5.41) is 9.15. The lowest BCUT2D eigenvalue weighted by molar-refractivity contribution is 0.0698. The molecule has 0 spiro atoms. The summed E-state index contributed by atoms with van der Waals surface area (Å²) in [5.74, 6) is -1.44. The Bertz CT molecular complexity index is 625. The highest BCUT2D eigenvalue weighted by Gasteiger charge is 2.20. The molecule has 0 aliphatic rings. The van der Waals surface area contributed by atoms with E-state index in [1.165, 1.54) is 41.6 Å². The van der Waals surface area contributed by atoms with Crippen LogP contribution in [0, 0.1) is 0 Å². The van der Waals surface area contributed by atoms with Crippen LogP contribution in [0.1, 0.15) is 20.0 Å². The van der Waals surface area contributed by atoms with Gasteiger partial charge < -0.3 is 15.7 Å². The lowest BCUT2D eigenvalue weighted by atomic mass is 10.1. The molecule has 1 aromatic heterocycles. The summed E-state index contributed by atoms with van der Waals surface area (Å²) >= 11 is 1.20. The number of hydrogen-bond acceptors (Lipinski definition) is 5. The highest BCUT2D eigenvalue weighted by Crippen LogP contribution is 2.24. The second kappa shape index (κ2) is 5.07. The normalized spacial score (nSPS) is 10.2. The Morgan fingerprint density at radius 1 is 1.42 bits per heavy atom. The highest BCUT2D eigenvalue weighted by molar-refractivity contribution is 7.11. The molecule has 1 heterocycles. The van der Waals surface area contributed by atoms with E-state index in [-0.39, 0.29) is 11.5 Å². The van der Waals surface area contributed by atoms with E-state index in [4.69, 9.17) is 10.8 Å². The van der Waals surface area contributed by atoms with Crippen molar-refractivity contribution in [3.05, 3.63) is 40.3 Å². The lowest BCUT2D eigenvalue weighted by Crippen LogP contribution is -2.27. The van der Waals surface area contributed by atoms with E-state index in [1.807, 2.05) is 0 Å². The van der Waals surface area contributed by atoms with E-state index >= 15 is 0 Å². The molecule has 7 heteroatoms. The number of nitrogen functional groups attached to an aromatic ring is 1. The van der Waals surface area contributed by atoms with Gasteiger partial charge in [0.05, 0.1) is 23.0 Å². The minimum atomic E-state index is -1.13. The standard InChI is InChI=1S/C12H11N3O3S/c1-15(11(16)10-5-14-6-19-10)9-3-2-7(13)4-8(9)12(17)18/h2-6H,13H2,1H3,(H,17,18). The SMILES string of the molecule is CN(C(=O)c1cncs1)c1ccc(N)cc1C(=O)O. The van der Waals surface area contributed by atoms with Crippen molar-refractivity contribution in [1.82, 2.24) is 4.98 Å². The Morgan fingerprint density at radius 2 is 2.16 bits per heavy atom. The molecule has 0 saturated carbocycles. The van der Waals surface area contributed by atoms with Gasteiger partial charge in [0.15, 0.2) is 0 Å².